The van der Waals surface area contributed by atoms with E-state index in [2.05, 4.69) is 41.4 Å². The highest BCUT2D eigenvalue weighted by molar-refractivity contribution is 6.30. The molecule has 0 saturated heterocycles. The fraction of sp³-hybridized carbons (Fsp3) is 0.154. The number of nitrogens with one attached hydrogen (secondary N) is 1. The van der Waals surface area contributed by atoms with Gasteiger partial charge in [-0.2, -0.15) is 0 Å². The van der Waals surface area contributed by atoms with Crippen molar-refractivity contribution in [3.05, 3.63) is 94.0 Å². The Balaban J connectivity index is 1.35. The van der Waals surface area contributed by atoms with Gasteiger partial charge in [0.2, 0.25) is 0 Å². The van der Waals surface area contributed by atoms with Crippen molar-refractivity contribution >= 4 is 23.7 Å². The summed E-state index contributed by atoms with van der Waals surface area (Å²) in [6.07, 6.45) is -0.729. The number of rotatable bonds is 5. The Hall–Kier alpha value is -3.75. The highest BCUT2D eigenvalue weighted by atomic mass is 35.5. The fourth-order valence-corrected chi connectivity index (χ4v) is 4.09. The lowest BCUT2D eigenvalue weighted by Gasteiger charge is -2.14. The number of benzene rings is 3. The maximum Gasteiger partial charge on any atom is 0.407 e. The first-order chi connectivity index (χ1) is 15.5. The zero-order valence-electron chi connectivity index (χ0n) is 17.1. The zero-order chi connectivity index (χ0) is 22.5. The summed E-state index contributed by atoms with van der Waals surface area (Å²) in [7, 11) is 0. The van der Waals surface area contributed by atoms with Crippen LogP contribution in [-0.4, -0.2) is 30.3 Å². The van der Waals surface area contributed by atoms with Gasteiger partial charge in [0.25, 0.3) is 0 Å². The summed E-state index contributed by atoms with van der Waals surface area (Å²) < 4.78 is 5.47. The molecule has 4 rings (SSSR count). The number of alkyl carbamates (subject to hydrolysis) is 1. The van der Waals surface area contributed by atoms with Crippen LogP contribution >= 0.6 is 11.6 Å². The Morgan fingerprint density at radius 1 is 1.00 bits per heavy atom. The SMILES string of the molecule is O=C(O)Cc1cc(Cl)ccc1C#CCNC(=O)OCC1c2ccccc2-c2ccccc21. The number of carboxylic acids is 1. The van der Waals surface area contributed by atoms with Gasteiger partial charge in [-0.3, -0.25) is 4.79 Å². The van der Waals surface area contributed by atoms with E-state index in [-0.39, 0.29) is 25.5 Å². The molecule has 0 heterocycles. The van der Waals surface area contributed by atoms with Crippen LogP contribution in [0, 0.1) is 11.8 Å². The molecule has 6 heteroatoms. The quantitative estimate of drug-likeness (QED) is 0.550. The second-order valence-electron chi connectivity index (χ2n) is 7.35. The highest BCUT2D eigenvalue weighted by Gasteiger charge is 2.28. The van der Waals surface area contributed by atoms with Gasteiger partial charge in [0.05, 0.1) is 13.0 Å². The van der Waals surface area contributed by atoms with E-state index < -0.39 is 12.1 Å². The molecule has 0 unspecified atom stereocenters. The number of carbonyl (C=O) groups is 2. The van der Waals surface area contributed by atoms with Gasteiger partial charge < -0.3 is 15.2 Å². The van der Waals surface area contributed by atoms with Crippen LogP contribution in [0.15, 0.2) is 66.7 Å². The van der Waals surface area contributed by atoms with Crippen LogP contribution in [0.2, 0.25) is 5.02 Å². The van der Waals surface area contributed by atoms with Crippen molar-refractivity contribution < 1.29 is 19.4 Å². The Bertz CT molecular complexity index is 1200. The number of hydrogen-bond acceptors (Lipinski definition) is 3. The highest BCUT2D eigenvalue weighted by Crippen LogP contribution is 2.44. The summed E-state index contributed by atoms with van der Waals surface area (Å²) >= 11 is 5.94. The first kappa shape index (κ1) is 21.5. The van der Waals surface area contributed by atoms with Gasteiger partial charge in [-0.05, 0) is 46.0 Å². The molecule has 32 heavy (non-hydrogen) atoms. The second kappa shape index (κ2) is 9.59. The topological polar surface area (TPSA) is 75.6 Å². The summed E-state index contributed by atoms with van der Waals surface area (Å²) in [6, 6.07) is 21.2. The third-order valence-electron chi connectivity index (χ3n) is 5.30. The smallest absolute Gasteiger partial charge is 0.407 e. The van der Waals surface area contributed by atoms with Crippen molar-refractivity contribution in [1.29, 1.82) is 0 Å². The average Bonchev–Trinajstić information content (AvgIpc) is 3.10. The fourth-order valence-electron chi connectivity index (χ4n) is 3.90. The number of hydrogen-bond donors (Lipinski definition) is 2. The molecule has 0 spiro atoms. The molecule has 3 aromatic rings. The van der Waals surface area contributed by atoms with Crippen molar-refractivity contribution in [2.45, 2.75) is 12.3 Å². The van der Waals surface area contributed by atoms with Gasteiger partial charge in [0.1, 0.15) is 6.61 Å². The van der Waals surface area contributed by atoms with Crippen molar-refractivity contribution in [3.8, 4) is 23.0 Å². The maximum absolute atomic E-state index is 12.2. The molecule has 1 amide bonds. The predicted molar refractivity (Wildman–Crippen MR) is 123 cm³/mol. The number of carboxylic acid groups (broad SMARTS) is 1. The van der Waals surface area contributed by atoms with Crippen molar-refractivity contribution in [2.24, 2.45) is 0 Å². The number of fused-ring (bicyclic) bond motifs is 3. The van der Waals surface area contributed by atoms with Crippen LogP contribution in [0.3, 0.4) is 0 Å². The van der Waals surface area contributed by atoms with Crippen LogP contribution in [0.4, 0.5) is 4.79 Å². The molecule has 0 bridgehead atoms. The van der Waals surface area contributed by atoms with E-state index in [1.54, 1.807) is 18.2 Å². The van der Waals surface area contributed by atoms with Gasteiger partial charge in [-0.25, -0.2) is 4.79 Å². The monoisotopic (exact) mass is 445 g/mol. The molecule has 1 aliphatic carbocycles. The molecule has 0 fully saturated rings. The third kappa shape index (κ3) is 4.77. The molecule has 1 aliphatic rings. The van der Waals surface area contributed by atoms with Crippen LogP contribution < -0.4 is 5.32 Å². The first-order valence-electron chi connectivity index (χ1n) is 10.1. The van der Waals surface area contributed by atoms with Gasteiger partial charge in [0, 0.05) is 16.5 Å². The van der Waals surface area contributed by atoms with E-state index in [0.717, 1.165) is 11.1 Å². The summed E-state index contributed by atoms with van der Waals surface area (Å²) in [5, 5.41) is 12.1. The first-order valence-corrected chi connectivity index (χ1v) is 10.5. The zero-order valence-corrected chi connectivity index (χ0v) is 17.9. The van der Waals surface area contributed by atoms with Crippen LogP contribution in [-0.2, 0) is 16.0 Å². The van der Waals surface area contributed by atoms with E-state index in [1.807, 2.05) is 24.3 Å². The molecule has 0 atom stereocenters. The van der Waals surface area contributed by atoms with Gasteiger partial charge in [-0.1, -0.05) is 72.0 Å². The molecule has 0 aromatic heterocycles. The average molecular weight is 446 g/mol. The Morgan fingerprint density at radius 2 is 1.66 bits per heavy atom. The normalized spacial score (nSPS) is 11.7. The Morgan fingerprint density at radius 3 is 2.31 bits per heavy atom. The standard InChI is InChI=1S/C26H20ClNO4/c27-19-12-11-17(18(14-19)15-25(29)30)6-5-13-28-26(31)32-16-24-22-9-3-1-7-20(22)21-8-2-4-10-23(21)24/h1-4,7-12,14,24H,13,15-16H2,(H,28,31)(H,29,30). The molecular formula is C26H20ClNO4. The number of amides is 1. The lowest BCUT2D eigenvalue weighted by Crippen LogP contribution is -2.26. The third-order valence-corrected chi connectivity index (χ3v) is 5.53. The summed E-state index contributed by atoms with van der Waals surface area (Å²) in [4.78, 5) is 23.2. The minimum absolute atomic E-state index is 0.00752. The molecule has 0 aliphatic heterocycles. The summed E-state index contributed by atoms with van der Waals surface area (Å²) in [5.74, 6) is 4.74. The lowest BCUT2D eigenvalue weighted by atomic mass is 9.98. The van der Waals surface area contributed by atoms with Crippen LogP contribution in [0.1, 0.15) is 28.2 Å². The minimum Gasteiger partial charge on any atom is -0.481 e. The van der Waals surface area contributed by atoms with Crippen LogP contribution in [0.5, 0.6) is 0 Å². The van der Waals surface area contributed by atoms with Crippen molar-refractivity contribution in [2.75, 3.05) is 13.2 Å². The molecule has 160 valence electrons. The van der Waals surface area contributed by atoms with Gasteiger partial charge in [0.15, 0.2) is 0 Å². The predicted octanol–water partition coefficient (Wildman–Crippen LogP) is 4.86. The maximum atomic E-state index is 12.2. The molecular weight excluding hydrogens is 426 g/mol. The van der Waals surface area contributed by atoms with E-state index in [1.165, 1.54) is 11.1 Å². The van der Waals surface area contributed by atoms with Gasteiger partial charge in [-0.15, -0.1) is 0 Å². The number of halogens is 1. The van der Waals surface area contributed by atoms with E-state index >= 15 is 0 Å². The Kier molecular flexibility index (Phi) is 6.44. The largest absolute Gasteiger partial charge is 0.481 e. The van der Waals surface area contributed by atoms with E-state index in [4.69, 9.17) is 21.4 Å². The summed E-state index contributed by atoms with van der Waals surface area (Å²) in [6.45, 7) is 0.305. The number of aliphatic carboxylic acids is 1. The molecule has 2 N–H and O–H groups in total. The van der Waals surface area contributed by atoms with Crippen molar-refractivity contribution in [3.63, 3.8) is 0 Å². The second-order valence-corrected chi connectivity index (χ2v) is 7.79. The molecule has 3 aromatic carbocycles. The Labute approximate surface area is 191 Å². The number of carbonyl (C=O) groups excluding carboxylic acids is 1. The minimum atomic E-state index is -0.966. The van der Waals surface area contributed by atoms with E-state index in [9.17, 15) is 9.59 Å². The van der Waals surface area contributed by atoms with Gasteiger partial charge >= 0.3 is 12.1 Å². The van der Waals surface area contributed by atoms with E-state index in [0.29, 0.717) is 16.1 Å². The number of ether oxygens (including phenoxy) is 1. The molecule has 5 nitrogen and oxygen atoms in total. The summed E-state index contributed by atoms with van der Waals surface area (Å²) in [5.41, 5.74) is 5.72. The van der Waals surface area contributed by atoms with Crippen molar-refractivity contribution in [1.82, 2.24) is 5.32 Å². The lowest BCUT2D eigenvalue weighted by molar-refractivity contribution is -0.136. The molecule has 0 saturated carbocycles. The molecule has 0 radical (unpaired) electrons. The van der Waals surface area contributed by atoms with Crippen LogP contribution in [0.25, 0.3) is 11.1 Å².